The molecule has 0 bridgehead atoms. The zero-order valence-electron chi connectivity index (χ0n) is 33.4. The third kappa shape index (κ3) is 15.9. The van der Waals surface area contributed by atoms with E-state index in [2.05, 4.69) is 36.8 Å². The first-order chi connectivity index (χ1) is 27.9. The maximum Gasteiger partial charge on any atom is 0.481 e. The zero-order chi connectivity index (χ0) is 44.9. The molecule has 1 aliphatic heterocycles. The first kappa shape index (κ1) is 51.6. The van der Waals surface area contributed by atoms with Crippen molar-refractivity contribution < 1.29 is 80.5 Å². The summed E-state index contributed by atoms with van der Waals surface area (Å²) in [6, 6.07) is 0. The van der Waals surface area contributed by atoms with E-state index in [1.54, 1.807) is 0 Å². The van der Waals surface area contributed by atoms with E-state index in [0.717, 1.165) is 54.7 Å². The van der Waals surface area contributed by atoms with Crippen molar-refractivity contribution in [3.05, 3.63) is 24.8 Å². The summed E-state index contributed by atoms with van der Waals surface area (Å²) < 4.78 is 62.8. The number of phosphoric acid groups is 3. The summed E-state index contributed by atoms with van der Waals surface area (Å²) in [5, 5.41) is 26.7. The maximum absolute atomic E-state index is 12.8. The number of nitrogens with zero attached hydrogens (tertiary/aromatic N) is 4. The predicted octanol–water partition coefficient (Wildman–Crippen LogP) is 1.76. The number of nitrogens with one attached hydrogen (secondary N) is 2. The molecule has 7 atom stereocenters. The van der Waals surface area contributed by atoms with E-state index in [0.29, 0.717) is 12.2 Å². The number of anilines is 1. The number of carbonyl (C=O) groups excluding carboxylic acids is 3. The molecule has 1 saturated heterocycles. The third-order valence-electron chi connectivity index (χ3n) is 8.93. The standard InChI is InChI=1S/C32H54N7O17P3S/c1-5-6-7-8-9-10-11-12-23(41)60-16-15-34-22(40)13-14-35-30(44)27(43)31(2,3)18-53-59(50,51)56-58(48,49)52-17-21-25(55-57(45,46)47)26(42)32(4,54-21)39-20-38-24-28(33)36-19-37-29(24)39/h10-11,19-21,25-27,42-43H,5-9,12-18H2,1-4H3,(H,34,40)(H,35,44)(H,48,49)(H,50,51)(H2,33,36,37)(H2,45,46,47). The summed E-state index contributed by atoms with van der Waals surface area (Å²) in [5.74, 6) is -1.09. The van der Waals surface area contributed by atoms with Gasteiger partial charge in [-0.05, 0) is 19.8 Å². The Morgan fingerprint density at radius 2 is 1.75 bits per heavy atom. The van der Waals surface area contributed by atoms with Crippen LogP contribution in [0.5, 0.6) is 0 Å². The van der Waals surface area contributed by atoms with Gasteiger partial charge in [-0.1, -0.05) is 63.9 Å². The largest absolute Gasteiger partial charge is 0.481 e. The Balaban J connectivity index is 1.45. The Morgan fingerprint density at radius 3 is 2.43 bits per heavy atom. The number of allylic oxidation sites excluding steroid dienone is 2. The van der Waals surface area contributed by atoms with Crippen molar-refractivity contribution in [2.45, 2.75) is 103 Å². The molecular weight excluding hydrogens is 879 g/mol. The van der Waals surface area contributed by atoms with E-state index in [1.165, 1.54) is 27.2 Å². The van der Waals surface area contributed by atoms with E-state index in [-0.39, 0.29) is 41.6 Å². The molecule has 2 amide bonds. The lowest BCUT2D eigenvalue weighted by molar-refractivity contribution is -0.137. The second kappa shape index (κ2) is 22.6. The second-order valence-corrected chi connectivity index (χ2v) is 19.8. The van der Waals surface area contributed by atoms with Crippen LogP contribution < -0.4 is 16.4 Å². The number of aliphatic hydroxyl groups excluding tert-OH is 2. The first-order valence-electron chi connectivity index (χ1n) is 18.6. The number of ether oxygens (including phenoxy) is 1. The topological polar surface area (TPSA) is 364 Å². The molecule has 3 rings (SSSR count). The average Bonchev–Trinajstić information content (AvgIpc) is 3.70. The van der Waals surface area contributed by atoms with E-state index >= 15 is 0 Å². The van der Waals surface area contributed by atoms with Crippen molar-refractivity contribution in [2.75, 3.05) is 37.8 Å². The Hall–Kier alpha value is -2.70. The number of carbonyl (C=O) groups is 3. The number of thioether (sulfide) groups is 1. The lowest BCUT2D eigenvalue weighted by Crippen LogP contribution is -2.46. The number of aliphatic hydroxyl groups is 2. The minimum atomic E-state index is -5.59. The fourth-order valence-electron chi connectivity index (χ4n) is 5.65. The fourth-order valence-corrected chi connectivity index (χ4v) is 9.12. The minimum Gasteiger partial charge on any atom is -0.385 e. The number of imidazole rings is 1. The van der Waals surface area contributed by atoms with Crippen LogP contribution in [0.2, 0.25) is 0 Å². The molecule has 0 spiro atoms. The number of aromatic nitrogens is 4. The number of hydrogen-bond acceptors (Lipinski definition) is 18. The molecular formula is C32H54N7O17P3S. The van der Waals surface area contributed by atoms with Gasteiger partial charge in [-0.3, -0.25) is 32.5 Å². The van der Waals surface area contributed by atoms with E-state index in [4.69, 9.17) is 24.0 Å². The van der Waals surface area contributed by atoms with Gasteiger partial charge in [0.05, 0.1) is 19.5 Å². The van der Waals surface area contributed by atoms with Gasteiger partial charge in [0, 0.05) is 37.1 Å². The number of hydrogen-bond donors (Lipinski definition) is 9. The highest BCUT2D eigenvalue weighted by atomic mass is 32.2. The van der Waals surface area contributed by atoms with Gasteiger partial charge in [0.25, 0.3) is 0 Å². The van der Waals surface area contributed by atoms with Crippen LogP contribution in [0.25, 0.3) is 11.2 Å². The summed E-state index contributed by atoms with van der Waals surface area (Å²) in [6.45, 7) is 3.89. The van der Waals surface area contributed by atoms with Crippen LogP contribution in [0.15, 0.2) is 24.8 Å². The minimum absolute atomic E-state index is 0.0199. The van der Waals surface area contributed by atoms with Crippen molar-refractivity contribution in [1.29, 1.82) is 0 Å². The third-order valence-corrected chi connectivity index (χ3v) is 12.9. The van der Waals surface area contributed by atoms with Crippen molar-refractivity contribution in [3.8, 4) is 0 Å². The molecule has 3 heterocycles. The molecule has 0 saturated carbocycles. The molecule has 340 valence electrons. The van der Waals surface area contributed by atoms with Crippen LogP contribution in [-0.4, -0.2) is 123 Å². The van der Waals surface area contributed by atoms with Gasteiger partial charge in [-0.15, -0.1) is 0 Å². The number of phosphoric ester groups is 3. The van der Waals surface area contributed by atoms with Crippen molar-refractivity contribution in [2.24, 2.45) is 5.41 Å². The summed E-state index contributed by atoms with van der Waals surface area (Å²) in [6.07, 6.45) is 4.17. The van der Waals surface area contributed by atoms with E-state index < -0.39 is 84.1 Å². The van der Waals surface area contributed by atoms with E-state index in [1.807, 2.05) is 12.2 Å². The molecule has 2 aromatic rings. The highest BCUT2D eigenvalue weighted by Crippen LogP contribution is 2.61. The number of nitrogens with two attached hydrogens (primary N) is 1. The SMILES string of the molecule is CCCCCCC=CCC(=O)SCCNC(=O)CCNC(=O)C(O)C(C)(C)COP(=O)(O)OP(=O)(O)OCC1OC(C)(n2cnc3c(N)ncnc32)C(O)C1OP(=O)(O)O. The van der Waals surface area contributed by atoms with E-state index in [9.17, 15) is 57.9 Å². The molecule has 28 heteroatoms. The molecule has 0 aliphatic carbocycles. The Kier molecular flexibility index (Phi) is 19.4. The number of fused-ring (bicyclic) bond motifs is 1. The predicted molar refractivity (Wildman–Crippen MR) is 214 cm³/mol. The van der Waals surface area contributed by atoms with Crippen LogP contribution in [0, 0.1) is 5.41 Å². The zero-order valence-corrected chi connectivity index (χ0v) is 36.9. The molecule has 1 fully saturated rings. The second-order valence-electron chi connectivity index (χ2n) is 14.4. The smallest absolute Gasteiger partial charge is 0.385 e. The summed E-state index contributed by atoms with van der Waals surface area (Å²) in [7, 11) is -16.5. The highest BCUT2D eigenvalue weighted by Gasteiger charge is 2.57. The molecule has 1 aliphatic rings. The van der Waals surface area contributed by atoms with Gasteiger partial charge in [0.1, 0.15) is 36.3 Å². The van der Waals surface area contributed by atoms with Gasteiger partial charge >= 0.3 is 23.5 Å². The maximum atomic E-state index is 12.8. The molecule has 24 nitrogen and oxygen atoms in total. The van der Waals surface area contributed by atoms with Crippen LogP contribution in [0.1, 0.15) is 72.6 Å². The lowest BCUT2D eigenvalue weighted by atomic mass is 9.87. The number of unbranched alkanes of at least 4 members (excludes halogenated alkanes) is 4. The highest BCUT2D eigenvalue weighted by molar-refractivity contribution is 8.13. The Morgan fingerprint density at radius 1 is 1.05 bits per heavy atom. The fraction of sp³-hybridized carbons (Fsp3) is 0.688. The van der Waals surface area contributed by atoms with Gasteiger partial charge in [-0.2, -0.15) is 4.31 Å². The average molecular weight is 934 g/mol. The summed E-state index contributed by atoms with van der Waals surface area (Å²) in [5.41, 5.74) is 2.31. The van der Waals surface area contributed by atoms with Gasteiger partial charge in [0.15, 0.2) is 22.3 Å². The number of nitrogen functional groups attached to an aromatic ring is 1. The molecule has 10 N–H and O–H groups in total. The molecule has 60 heavy (non-hydrogen) atoms. The van der Waals surface area contributed by atoms with Crippen LogP contribution in [0.4, 0.5) is 5.82 Å². The van der Waals surface area contributed by atoms with Gasteiger partial charge in [0.2, 0.25) is 11.8 Å². The summed E-state index contributed by atoms with van der Waals surface area (Å²) in [4.78, 5) is 88.2. The molecule has 0 radical (unpaired) electrons. The van der Waals surface area contributed by atoms with Crippen molar-refractivity contribution >= 4 is 69.1 Å². The monoisotopic (exact) mass is 933 g/mol. The van der Waals surface area contributed by atoms with Crippen LogP contribution in [0.3, 0.4) is 0 Å². The molecule has 0 aromatic carbocycles. The number of rotatable bonds is 26. The molecule has 7 unspecified atom stereocenters. The van der Waals surface area contributed by atoms with Crippen molar-refractivity contribution in [3.63, 3.8) is 0 Å². The quantitative estimate of drug-likeness (QED) is 0.0368. The van der Waals surface area contributed by atoms with Crippen LogP contribution >= 0.6 is 35.2 Å². The van der Waals surface area contributed by atoms with Gasteiger partial charge < -0.3 is 50.9 Å². The normalized spacial score (nSPS) is 22.4. The Bertz CT molecular complexity index is 1950. The summed E-state index contributed by atoms with van der Waals surface area (Å²) >= 11 is 1.09. The number of amides is 2. The van der Waals surface area contributed by atoms with Gasteiger partial charge in [-0.25, -0.2) is 28.6 Å². The Labute approximate surface area is 349 Å². The van der Waals surface area contributed by atoms with Crippen LogP contribution in [-0.2, 0) is 56.4 Å². The van der Waals surface area contributed by atoms with Crippen molar-refractivity contribution in [1.82, 2.24) is 30.2 Å². The lowest BCUT2D eigenvalue weighted by Gasteiger charge is -2.30. The first-order valence-corrected chi connectivity index (χ1v) is 24.1. The molecule has 2 aromatic heterocycles.